The molecule has 1 atom stereocenters. The molecule has 2 aromatic rings. The molecule has 0 aliphatic carbocycles. The fourth-order valence-corrected chi connectivity index (χ4v) is 3.66. The maximum Gasteiger partial charge on any atom is 0.126 e. The molecule has 4 heterocycles. The quantitative estimate of drug-likeness (QED) is 0.944. The molecule has 4 rings (SSSR count). The van der Waals surface area contributed by atoms with Crippen molar-refractivity contribution in [3.8, 4) is 0 Å². The Labute approximate surface area is 136 Å². The van der Waals surface area contributed by atoms with Gasteiger partial charge < -0.3 is 15.0 Å². The van der Waals surface area contributed by atoms with Gasteiger partial charge in [0.15, 0.2) is 0 Å². The third-order valence-corrected chi connectivity index (χ3v) is 4.91. The zero-order chi connectivity index (χ0) is 15.5. The van der Waals surface area contributed by atoms with Gasteiger partial charge in [0.2, 0.25) is 0 Å². The molecule has 0 radical (unpaired) electrons. The van der Waals surface area contributed by atoms with Gasteiger partial charge in [0.1, 0.15) is 5.82 Å². The van der Waals surface area contributed by atoms with E-state index < -0.39 is 0 Å². The second kappa shape index (κ2) is 6.16. The second-order valence-electron chi connectivity index (χ2n) is 6.45. The van der Waals surface area contributed by atoms with Crippen molar-refractivity contribution in [2.24, 2.45) is 0 Å². The molecule has 1 spiro atoms. The van der Waals surface area contributed by atoms with Crippen LogP contribution in [-0.2, 0) is 4.74 Å². The number of rotatable bonds is 3. The molecule has 2 aliphatic rings. The zero-order valence-electron chi connectivity index (χ0n) is 13.2. The molecule has 2 aliphatic heterocycles. The average molecular weight is 310 g/mol. The van der Waals surface area contributed by atoms with Gasteiger partial charge in [-0.25, -0.2) is 4.98 Å². The summed E-state index contributed by atoms with van der Waals surface area (Å²) >= 11 is 0. The van der Waals surface area contributed by atoms with Crippen molar-refractivity contribution in [3.05, 3.63) is 48.9 Å². The Morgan fingerprint density at radius 2 is 2.04 bits per heavy atom. The highest BCUT2D eigenvalue weighted by molar-refractivity contribution is 5.44. The van der Waals surface area contributed by atoms with E-state index >= 15 is 0 Å². The highest BCUT2D eigenvalue weighted by atomic mass is 16.5. The van der Waals surface area contributed by atoms with E-state index in [1.54, 1.807) is 0 Å². The molecular formula is C18H22N4O. The molecule has 0 amide bonds. The van der Waals surface area contributed by atoms with Crippen molar-refractivity contribution in [1.82, 2.24) is 9.97 Å². The first-order chi connectivity index (χ1) is 11.3. The first kappa shape index (κ1) is 14.5. The van der Waals surface area contributed by atoms with Gasteiger partial charge in [0, 0.05) is 25.5 Å². The van der Waals surface area contributed by atoms with Gasteiger partial charge in [-0.2, -0.15) is 0 Å². The molecule has 5 nitrogen and oxygen atoms in total. The normalized spacial score (nSPS) is 23.1. The van der Waals surface area contributed by atoms with Gasteiger partial charge >= 0.3 is 0 Å². The lowest BCUT2D eigenvalue weighted by Gasteiger charge is -2.39. The predicted molar refractivity (Wildman–Crippen MR) is 90.6 cm³/mol. The van der Waals surface area contributed by atoms with Gasteiger partial charge in [-0.1, -0.05) is 6.07 Å². The van der Waals surface area contributed by atoms with Crippen LogP contribution in [0.2, 0.25) is 0 Å². The van der Waals surface area contributed by atoms with E-state index in [0.717, 1.165) is 44.8 Å². The maximum atomic E-state index is 6.22. The smallest absolute Gasteiger partial charge is 0.126 e. The van der Waals surface area contributed by atoms with Crippen LogP contribution in [0, 0.1) is 0 Å². The van der Waals surface area contributed by atoms with Crippen LogP contribution >= 0.6 is 0 Å². The first-order valence-electron chi connectivity index (χ1n) is 8.30. The number of hydrogen-bond acceptors (Lipinski definition) is 5. The Hall–Kier alpha value is -2.14. The van der Waals surface area contributed by atoms with Gasteiger partial charge in [0.05, 0.1) is 30.1 Å². The lowest BCUT2D eigenvalue weighted by molar-refractivity contribution is -0.0147. The Balaban J connectivity index is 1.35. The number of pyridine rings is 2. The summed E-state index contributed by atoms with van der Waals surface area (Å²) in [5.41, 5.74) is 1.24. The predicted octanol–water partition coefficient (Wildman–Crippen LogP) is 2.72. The molecule has 2 fully saturated rings. The monoisotopic (exact) mass is 310 g/mol. The van der Waals surface area contributed by atoms with E-state index in [0.29, 0.717) is 6.04 Å². The van der Waals surface area contributed by atoms with Crippen molar-refractivity contribution >= 4 is 11.5 Å². The average Bonchev–Trinajstić information content (AvgIpc) is 2.99. The number of anilines is 2. The lowest BCUT2D eigenvalue weighted by Crippen LogP contribution is -2.44. The van der Waals surface area contributed by atoms with E-state index in [1.165, 1.54) is 5.69 Å². The molecule has 23 heavy (non-hydrogen) atoms. The van der Waals surface area contributed by atoms with E-state index in [-0.39, 0.29) is 5.60 Å². The Morgan fingerprint density at radius 3 is 2.78 bits per heavy atom. The fraction of sp³-hybridized carbons (Fsp3) is 0.444. The third kappa shape index (κ3) is 3.15. The summed E-state index contributed by atoms with van der Waals surface area (Å²) in [7, 11) is 0. The SMILES string of the molecule is c1ccc(N[C@@H]2COC3(CCN(c4cccnc4)CC3)C2)nc1. The lowest BCUT2D eigenvalue weighted by atomic mass is 9.87. The van der Waals surface area contributed by atoms with Crippen molar-refractivity contribution in [2.45, 2.75) is 30.9 Å². The summed E-state index contributed by atoms with van der Waals surface area (Å²) < 4.78 is 6.22. The summed E-state index contributed by atoms with van der Waals surface area (Å²) in [6, 6.07) is 10.4. The third-order valence-electron chi connectivity index (χ3n) is 4.91. The van der Waals surface area contributed by atoms with Crippen molar-refractivity contribution < 1.29 is 4.74 Å². The van der Waals surface area contributed by atoms with Crippen molar-refractivity contribution in [2.75, 3.05) is 29.9 Å². The topological polar surface area (TPSA) is 50.3 Å². The Kier molecular flexibility index (Phi) is 3.87. The second-order valence-corrected chi connectivity index (χ2v) is 6.45. The van der Waals surface area contributed by atoms with Crippen LogP contribution in [0.5, 0.6) is 0 Å². The van der Waals surface area contributed by atoms with Gasteiger partial charge in [-0.3, -0.25) is 4.98 Å². The molecule has 0 bridgehead atoms. The van der Waals surface area contributed by atoms with E-state index in [1.807, 2.05) is 42.9 Å². The number of hydrogen-bond donors (Lipinski definition) is 1. The maximum absolute atomic E-state index is 6.22. The molecule has 0 saturated carbocycles. The zero-order valence-corrected chi connectivity index (χ0v) is 13.2. The molecule has 0 aromatic carbocycles. The number of ether oxygens (including phenoxy) is 1. The molecule has 2 saturated heterocycles. The van der Waals surface area contributed by atoms with E-state index in [2.05, 4.69) is 26.3 Å². The van der Waals surface area contributed by atoms with Gasteiger partial charge in [-0.05, 0) is 43.5 Å². The van der Waals surface area contributed by atoms with Crippen LogP contribution in [0.4, 0.5) is 11.5 Å². The molecule has 5 heteroatoms. The molecule has 2 aromatic heterocycles. The summed E-state index contributed by atoms with van der Waals surface area (Å²) in [5.74, 6) is 0.936. The minimum atomic E-state index is 0.0329. The fourth-order valence-electron chi connectivity index (χ4n) is 3.66. The van der Waals surface area contributed by atoms with Crippen LogP contribution in [0.15, 0.2) is 48.9 Å². The van der Waals surface area contributed by atoms with Gasteiger partial charge in [0.25, 0.3) is 0 Å². The summed E-state index contributed by atoms with van der Waals surface area (Å²) in [6.07, 6.45) is 8.79. The summed E-state index contributed by atoms with van der Waals surface area (Å²) in [6.45, 7) is 2.83. The van der Waals surface area contributed by atoms with E-state index in [4.69, 9.17) is 4.74 Å². The number of nitrogens with one attached hydrogen (secondary N) is 1. The highest BCUT2D eigenvalue weighted by Crippen LogP contribution is 2.37. The van der Waals surface area contributed by atoms with E-state index in [9.17, 15) is 0 Å². The largest absolute Gasteiger partial charge is 0.373 e. The van der Waals surface area contributed by atoms with Crippen LogP contribution in [0.3, 0.4) is 0 Å². The van der Waals surface area contributed by atoms with Crippen molar-refractivity contribution in [3.63, 3.8) is 0 Å². The summed E-state index contributed by atoms with van der Waals surface area (Å²) in [5, 5.41) is 3.50. The Bertz CT molecular complexity index is 626. The number of nitrogens with zero attached hydrogens (tertiary/aromatic N) is 3. The molecular weight excluding hydrogens is 288 g/mol. The Morgan fingerprint density at radius 1 is 1.13 bits per heavy atom. The summed E-state index contributed by atoms with van der Waals surface area (Å²) in [4.78, 5) is 11.0. The highest BCUT2D eigenvalue weighted by Gasteiger charge is 2.42. The van der Waals surface area contributed by atoms with Crippen LogP contribution in [0.1, 0.15) is 19.3 Å². The van der Waals surface area contributed by atoms with Crippen molar-refractivity contribution in [1.29, 1.82) is 0 Å². The minimum absolute atomic E-state index is 0.0329. The minimum Gasteiger partial charge on any atom is -0.373 e. The van der Waals surface area contributed by atoms with Crippen LogP contribution in [0.25, 0.3) is 0 Å². The van der Waals surface area contributed by atoms with Gasteiger partial charge in [-0.15, -0.1) is 0 Å². The molecule has 1 N–H and O–H groups in total. The number of piperidine rings is 1. The van der Waals surface area contributed by atoms with Crippen LogP contribution in [-0.4, -0.2) is 41.3 Å². The molecule has 120 valence electrons. The first-order valence-corrected chi connectivity index (χ1v) is 8.30. The number of aromatic nitrogens is 2. The standard InChI is InChI=1S/C18H22N4O/c1-2-9-20-17(5-1)21-15-12-18(23-14-15)6-10-22(11-7-18)16-4-3-8-19-13-16/h1-5,8-9,13,15H,6-7,10-12,14H2,(H,20,21)/t15-/m0/s1. The van der Waals surface area contributed by atoms with Crippen LogP contribution < -0.4 is 10.2 Å². The molecule has 0 unspecified atom stereocenters.